The molecular formula is C35H69NOS3. The van der Waals surface area contributed by atoms with Crippen molar-refractivity contribution in [1.82, 2.24) is 0 Å². The summed E-state index contributed by atoms with van der Waals surface area (Å²) >= 11 is 12.8. The first-order valence-corrected chi connectivity index (χ1v) is 19.5. The number of nitrogens with two attached hydrogens (primary N) is 1. The Bertz CT molecular complexity index is 543. The van der Waals surface area contributed by atoms with Crippen molar-refractivity contribution in [3.63, 3.8) is 0 Å². The van der Waals surface area contributed by atoms with Gasteiger partial charge in [0, 0.05) is 22.8 Å². The molecular weight excluding hydrogens is 547 g/mol. The van der Waals surface area contributed by atoms with Crippen LogP contribution in [0.15, 0.2) is 0 Å². The molecule has 0 aromatic rings. The van der Waals surface area contributed by atoms with E-state index in [-0.39, 0.29) is 6.23 Å². The molecule has 0 heterocycles. The van der Waals surface area contributed by atoms with Crippen LogP contribution in [0.25, 0.3) is 0 Å². The maximum Gasteiger partial charge on any atom is 0.162 e. The van der Waals surface area contributed by atoms with Crippen LogP contribution in [0, 0.1) is 0 Å². The molecule has 0 bridgehead atoms. The molecule has 0 aliphatic rings. The smallest absolute Gasteiger partial charge is 0.162 e. The molecule has 40 heavy (non-hydrogen) atoms. The molecule has 5 heteroatoms. The maximum absolute atomic E-state index is 6.16. The lowest BCUT2D eigenvalue weighted by Gasteiger charge is -2.15. The molecule has 0 aliphatic heterocycles. The van der Waals surface area contributed by atoms with Gasteiger partial charge in [-0.3, -0.25) is 5.73 Å². The van der Waals surface area contributed by atoms with E-state index in [4.69, 9.17) is 34.9 Å². The average Bonchev–Trinajstić information content (AvgIpc) is 2.93. The SMILES string of the molecule is CCCCCCCCCCCCCCCC(=S)OC(N)CCSC(=S)CCCCCCCCCCCCCCC. The van der Waals surface area contributed by atoms with Crippen LogP contribution in [0.5, 0.6) is 0 Å². The summed E-state index contributed by atoms with van der Waals surface area (Å²) in [6.07, 6.45) is 38.3. The summed E-state index contributed by atoms with van der Waals surface area (Å²) in [5.74, 6) is 0.930. The van der Waals surface area contributed by atoms with Crippen molar-refractivity contribution >= 4 is 45.4 Å². The van der Waals surface area contributed by atoms with E-state index in [9.17, 15) is 0 Å². The van der Waals surface area contributed by atoms with Gasteiger partial charge in [-0.25, -0.2) is 0 Å². The zero-order valence-corrected chi connectivity index (χ0v) is 29.5. The van der Waals surface area contributed by atoms with Crippen molar-refractivity contribution in [1.29, 1.82) is 0 Å². The third kappa shape index (κ3) is 32.8. The highest BCUT2D eigenvalue weighted by atomic mass is 32.2. The Morgan fingerprint density at radius 2 is 0.850 bits per heavy atom. The second-order valence-electron chi connectivity index (χ2n) is 12.0. The molecule has 238 valence electrons. The number of hydrogen-bond acceptors (Lipinski definition) is 5. The van der Waals surface area contributed by atoms with Crippen LogP contribution in [0.2, 0.25) is 0 Å². The molecule has 0 amide bonds. The van der Waals surface area contributed by atoms with E-state index < -0.39 is 0 Å². The Kier molecular flexibility index (Phi) is 34.0. The van der Waals surface area contributed by atoms with Crippen LogP contribution in [0.3, 0.4) is 0 Å². The standard InChI is InChI=1S/C35H69NOS3/c1-3-5-7-9-11-13-15-17-19-21-23-25-27-29-34(38)37-33(36)31-32-40-35(39)30-28-26-24-22-20-18-16-14-12-10-8-6-4-2/h33H,3-32,36H2,1-2H3. The Morgan fingerprint density at radius 3 is 1.23 bits per heavy atom. The third-order valence-corrected chi connectivity index (χ3v) is 9.74. The molecule has 1 unspecified atom stereocenters. The van der Waals surface area contributed by atoms with Crippen molar-refractivity contribution in [2.45, 2.75) is 206 Å². The van der Waals surface area contributed by atoms with E-state index in [0.717, 1.165) is 35.6 Å². The van der Waals surface area contributed by atoms with Crippen LogP contribution in [0.4, 0.5) is 0 Å². The van der Waals surface area contributed by atoms with Gasteiger partial charge in [-0.05, 0) is 31.5 Å². The zero-order chi connectivity index (χ0) is 29.4. The van der Waals surface area contributed by atoms with E-state index in [1.807, 2.05) is 0 Å². The second kappa shape index (κ2) is 33.8. The first-order chi connectivity index (χ1) is 19.6. The first-order valence-electron chi connectivity index (χ1n) is 17.7. The van der Waals surface area contributed by atoms with Gasteiger partial charge in [-0.1, -0.05) is 180 Å². The molecule has 2 N–H and O–H groups in total. The molecule has 0 aromatic carbocycles. The molecule has 0 fully saturated rings. The zero-order valence-electron chi connectivity index (χ0n) is 27.0. The number of thioether (sulfide) groups is 1. The highest BCUT2D eigenvalue weighted by Gasteiger charge is 2.08. The molecule has 0 aromatic heterocycles. The fourth-order valence-electron chi connectivity index (χ4n) is 5.22. The van der Waals surface area contributed by atoms with Crippen molar-refractivity contribution in [3.8, 4) is 0 Å². The quantitative estimate of drug-likeness (QED) is 0.0462. The van der Waals surface area contributed by atoms with Gasteiger partial charge in [-0.15, -0.1) is 11.8 Å². The minimum absolute atomic E-state index is 0.291. The largest absolute Gasteiger partial charge is 0.469 e. The molecule has 0 spiro atoms. The van der Waals surface area contributed by atoms with E-state index in [1.165, 1.54) is 161 Å². The minimum Gasteiger partial charge on any atom is -0.469 e. The van der Waals surface area contributed by atoms with E-state index in [1.54, 1.807) is 11.8 Å². The first kappa shape index (κ1) is 40.3. The van der Waals surface area contributed by atoms with Gasteiger partial charge in [0.25, 0.3) is 0 Å². The normalized spacial score (nSPS) is 12.1. The Hall–Kier alpha value is 0.290. The Labute approximate surface area is 266 Å². The van der Waals surface area contributed by atoms with Crippen LogP contribution < -0.4 is 5.73 Å². The highest BCUT2D eigenvalue weighted by Crippen LogP contribution is 2.17. The molecule has 0 saturated carbocycles. The van der Waals surface area contributed by atoms with Crippen molar-refractivity contribution in [2.75, 3.05) is 5.75 Å². The number of ether oxygens (including phenoxy) is 1. The summed E-state index contributed by atoms with van der Waals surface area (Å²) in [7, 11) is 0. The molecule has 0 saturated heterocycles. The minimum atomic E-state index is -0.291. The summed E-state index contributed by atoms with van der Waals surface area (Å²) in [6, 6.07) is 0. The van der Waals surface area contributed by atoms with Gasteiger partial charge in [0.05, 0.1) is 0 Å². The summed E-state index contributed by atoms with van der Waals surface area (Å²) in [6.45, 7) is 4.58. The predicted octanol–water partition coefficient (Wildman–Crippen LogP) is 13.0. The van der Waals surface area contributed by atoms with E-state index >= 15 is 0 Å². The summed E-state index contributed by atoms with van der Waals surface area (Å²) in [5, 5.41) is 0.690. The van der Waals surface area contributed by atoms with Crippen LogP contribution in [0.1, 0.15) is 200 Å². The van der Waals surface area contributed by atoms with Crippen molar-refractivity contribution < 1.29 is 4.74 Å². The van der Waals surface area contributed by atoms with Gasteiger partial charge in [0.15, 0.2) is 5.05 Å². The van der Waals surface area contributed by atoms with Crippen LogP contribution in [-0.4, -0.2) is 21.2 Å². The molecule has 2 nitrogen and oxygen atoms in total. The molecule has 0 aliphatic carbocycles. The monoisotopic (exact) mass is 615 g/mol. The number of hydrogen-bond donors (Lipinski definition) is 1. The molecule has 0 rings (SSSR count). The fourth-order valence-corrected chi connectivity index (χ4v) is 6.75. The number of thiocarbonyl (C=S) groups is 2. The Morgan fingerprint density at radius 1 is 0.525 bits per heavy atom. The van der Waals surface area contributed by atoms with Crippen molar-refractivity contribution in [3.05, 3.63) is 0 Å². The predicted molar refractivity (Wildman–Crippen MR) is 192 cm³/mol. The van der Waals surface area contributed by atoms with Gasteiger partial charge >= 0.3 is 0 Å². The molecule has 0 radical (unpaired) electrons. The van der Waals surface area contributed by atoms with E-state index in [0.29, 0.717) is 5.05 Å². The lowest BCUT2D eigenvalue weighted by molar-refractivity contribution is 0.193. The lowest BCUT2D eigenvalue weighted by atomic mass is 10.0. The fraction of sp³-hybridized carbons (Fsp3) is 0.943. The van der Waals surface area contributed by atoms with Gasteiger partial charge in [0.2, 0.25) is 0 Å². The van der Waals surface area contributed by atoms with Crippen molar-refractivity contribution in [2.24, 2.45) is 5.73 Å². The average molecular weight is 616 g/mol. The summed E-state index contributed by atoms with van der Waals surface area (Å²) in [4.78, 5) is 0. The van der Waals surface area contributed by atoms with Gasteiger partial charge in [0.1, 0.15) is 6.23 Å². The third-order valence-electron chi connectivity index (χ3n) is 7.92. The lowest BCUT2D eigenvalue weighted by Crippen LogP contribution is -2.27. The second-order valence-corrected chi connectivity index (χ2v) is 14.4. The van der Waals surface area contributed by atoms with Crippen LogP contribution in [-0.2, 0) is 4.74 Å². The summed E-state index contributed by atoms with van der Waals surface area (Å²) < 4.78 is 6.90. The van der Waals surface area contributed by atoms with Gasteiger partial charge < -0.3 is 4.74 Å². The number of rotatable bonds is 32. The topological polar surface area (TPSA) is 35.2 Å². The summed E-state index contributed by atoms with van der Waals surface area (Å²) in [5.41, 5.74) is 6.16. The molecule has 1 atom stereocenters. The van der Waals surface area contributed by atoms with E-state index in [2.05, 4.69) is 13.8 Å². The highest BCUT2D eigenvalue weighted by molar-refractivity contribution is 8.23. The maximum atomic E-state index is 6.16. The van der Waals surface area contributed by atoms with Gasteiger partial charge in [-0.2, -0.15) is 0 Å². The number of unbranched alkanes of at least 4 members (excludes halogenated alkanes) is 24. The van der Waals surface area contributed by atoms with Crippen LogP contribution >= 0.6 is 36.2 Å². The Balaban J connectivity index is 3.39.